The third kappa shape index (κ3) is 5.19. The molecule has 1 aliphatic rings. The Morgan fingerprint density at radius 3 is 2.24 bits per heavy atom. The summed E-state index contributed by atoms with van der Waals surface area (Å²) < 4.78 is 0. The number of amides is 3. The number of rotatable bonds is 3. The molecular formula is C18H24ClN3O3. The second kappa shape index (κ2) is 7.87. The minimum Gasteiger partial charge on any atom is -0.347 e. The number of piperazine rings is 1. The molecule has 136 valence electrons. The second-order valence-electron chi connectivity index (χ2n) is 7.12. The van der Waals surface area contributed by atoms with Gasteiger partial charge in [-0.15, -0.1) is 0 Å². The van der Waals surface area contributed by atoms with E-state index in [4.69, 9.17) is 11.6 Å². The van der Waals surface area contributed by atoms with Crippen molar-refractivity contribution in [1.29, 1.82) is 0 Å². The minimum absolute atomic E-state index is 0.0155. The fraction of sp³-hybridized carbons (Fsp3) is 0.500. The largest absolute Gasteiger partial charge is 0.347 e. The van der Waals surface area contributed by atoms with Gasteiger partial charge in [-0.3, -0.25) is 14.4 Å². The molecular weight excluding hydrogens is 342 g/mol. The Morgan fingerprint density at radius 1 is 1.08 bits per heavy atom. The maximum Gasteiger partial charge on any atom is 0.254 e. The van der Waals surface area contributed by atoms with Crippen LogP contribution in [0.5, 0.6) is 0 Å². The summed E-state index contributed by atoms with van der Waals surface area (Å²) in [5, 5.41) is 3.18. The van der Waals surface area contributed by atoms with E-state index in [1.807, 2.05) is 0 Å². The van der Waals surface area contributed by atoms with Crippen LogP contribution in [-0.4, -0.2) is 60.2 Å². The maximum absolute atomic E-state index is 12.5. The van der Waals surface area contributed by atoms with Crippen LogP contribution in [0.4, 0.5) is 0 Å². The lowest BCUT2D eigenvalue weighted by atomic mass is 9.96. The van der Waals surface area contributed by atoms with Crippen LogP contribution in [0.25, 0.3) is 0 Å². The molecule has 1 aromatic carbocycles. The summed E-state index contributed by atoms with van der Waals surface area (Å²) in [5.74, 6) is -0.376. The predicted molar refractivity (Wildman–Crippen MR) is 96.4 cm³/mol. The van der Waals surface area contributed by atoms with E-state index in [0.29, 0.717) is 36.8 Å². The lowest BCUT2D eigenvalue weighted by Crippen LogP contribution is -2.53. The smallest absolute Gasteiger partial charge is 0.254 e. The van der Waals surface area contributed by atoms with Crippen LogP contribution < -0.4 is 5.32 Å². The monoisotopic (exact) mass is 365 g/mol. The molecule has 0 atom stereocenters. The Morgan fingerprint density at radius 2 is 1.68 bits per heavy atom. The number of hydrogen-bond donors (Lipinski definition) is 1. The average Bonchev–Trinajstić information content (AvgIpc) is 2.58. The molecule has 0 bridgehead atoms. The lowest BCUT2D eigenvalue weighted by Gasteiger charge is -2.35. The zero-order valence-corrected chi connectivity index (χ0v) is 15.6. The molecule has 1 aliphatic heterocycles. The van der Waals surface area contributed by atoms with Crippen LogP contribution in [0.3, 0.4) is 0 Å². The van der Waals surface area contributed by atoms with Gasteiger partial charge in [0.05, 0.1) is 6.54 Å². The van der Waals surface area contributed by atoms with E-state index in [2.05, 4.69) is 5.32 Å². The molecule has 3 amide bonds. The van der Waals surface area contributed by atoms with Crippen LogP contribution in [0.1, 0.15) is 31.1 Å². The highest BCUT2D eigenvalue weighted by molar-refractivity contribution is 6.30. The molecule has 1 aromatic rings. The van der Waals surface area contributed by atoms with Gasteiger partial charge in [-0.2, -0.15) is 0 Å². The van der Waals surface area contributed by atoms with E-state index < -0.39 is 5.41 Å². The quantitative estimate of drug-likeness (QED) is 0.887. The molecule has 0 spiro atoms. The molecule has 2 rings (SSSR count). The van der Waals surface area contributed by atoms with E-state index in [1.54, 1.807) is 54.8 Å². The van der Waals surface area contributed by atoms with Gasteiger partial charge >= 0.3 is 0 Å². The van der Waals surface area contributed by atoms with Gasteiger partial charge in [-0.05, 0) is 18.2 Å². The fourth-order valence-corrected chi connectivity index (χ4v) is 2.69. The summed E-state index contributed by atoms with van der Waals surface area (Å²) in [7, 11) is 0. The summed E-state index contributed by atoms with van der Waals surface area (Å²) in [6.45, 7) is 7.22. The van der Waals surface area contributed by atoms with E-state index in [1.165, 1.54) is 0 Å². The van der Waals surface area contributed by atoms with E-state index >= 15 is 0 Å². The number of benzene rings is 1. The molecule has 0 unspecified atom stereocenters. The van der Waals surface area contributed by atoms with E-state index in [9.17, 15) is 14.4 Å². The Balaban J connectivity index is 1.84. The standard InChI is InChI=1S/C18H24ClN3O3/c1-18(2,3)17(25)20-12-15(23)21-7-9-22(10-8-21)16(24)13-5-4-6-14(19)11-13/h4-6,11H,7-10,12H2,1-3H3,(H,20,25). The number of nitrogens with zero attached hydrogens (tertiary/aromatic N) is 2. The minimum atomic E-state index is -0.525. The SMILES string of the molecule is CC(C)(C)C(=O)NCC(=O)N1CCN(C(=O)c2cccc(Cl)c2)CC1. The predicted octanol–water partition coefficient (Wildman–Crippen LogP) is 1.79. The number of carbonyl (C=O) groups is 3. The van der Waals surface area contributed by atoms with Gasteiger partial charge in [-0.1, -0.05) is 38.4 Å². The first-order valence-corrected chi connectivity index (χ1v) is 8.67. The van der Waals surface area contributed by atoms with Crippen LogP contribution in [-0.2, 0) is 9.59 Å². The summed E-state index contributed by atoms with van der Waals surface area (Å²) in [6.07, 6.45) is 0. The maximum atomic E-state index is 12.5. The van der Waals surface area contributed by atoms with Gasteiger partial charge in [0.15, 0.2) is 0 Å². The molecule has 7 heteroatoms. The van der Waals surface area contributed by atoms with Gasteiger partial charge in [0.2, 0.25) is 11.8 Å². The molecule has 0 saturated carbocycles. The third-order valence-electron chi connectivity index (χ3n) is 4.07. The number of carbonyl (C=O) groups excluding carboxylic acids is 3. The van der Waals surface area contributed by atoms with Crippen molar-refractivity contribution in [1.82, 2.24) is 15.1 Å². The topological polar surface area (TPSA) is 69.7 Å². The first-order valence-electron chi connectivity index (χ1n) is 8.29. The van der Waals surface area contributed by atoms with Gasteiger partial charge in [0, 0.05) is 42.2 Å². The van der Waals surface area contributed by atoms with Crippen molar-refractivity contribution in [3.63, 3.8) is 0 Å². The van der Waals surface area contributed by atoms with Crippen molar-refractivity contribution in [2.24, 2.45) is 5.41 Å². The Bertz CT molecular complexity index is 662. The van der Waals surface area contributed by atoms with Crippen molar-refractivity contribution in [3.05, 3.63) is 34.9 Å². The van der Waals surface area contributed by atoms with Crippen LogP contribution in [0.15, 0.2) is 24.3 Å². The molecule has 1 heterocycles. The summed E-state index contributed by atoms with van der Waals surface area (Å²) in [5.41, 5.74) is 0.0206. The summed E-state index contributed by atoms with van der Waals surface area (Å²) in [4.78, 5) is 39.9. The van der Waals surface area contributed by atoms with Crippen LogP contribution in [0.2, 0.25) is 5.02 Å². The normalized spacial score (nSPS) is 15.0. The average molecular weight is 366 g/mol. The van der Waals surface area contributed by atoms with Crippen molar-refractivity contribution in [2.45, 2.75) is 20.8 Å². The van der Waals surface area contributed by atoms with Gasteiger partial charge < -0.3 is 15.1 Å². The molecule has 1 fully saturated rings. The van der Waals surface area contributed by atoms with Crippen molar-refractivity contribution in [2.75, 3.05) is 32.7 Å². The number of hydrogen-bond acceptors (Lipinski definition) is 3. The molecule has 1 saturated heterocycles. The molecule has 0 aliphatic carbocycles. The highest BCUT2D eigenvalue weighted by Gasteiger charge is 2.26. The number of nitrogens with one attached hydrogen (secondary N) is 1. The van der Waals surface area contributed by atoms with Crippen molar-refractivity contribution >= 4 is 29.3 Å². The lowest BCUT2D eigenvalue weighted by molar-refractivity contribution is -0.136. The molecule has 25 heavy (non-hydrogen) atoms. The first kappa shape index (κ1) is 19.2. The molecule has 6 nitrogen and oxygen atoms in total. The van der Waals surface area contributed by atoms with E-state index in [0.717, 1.165) is 0 Å². The third-order valence-corrected chi connectivity index (χ3v) is 4.31. The van der Waals surface area contributed by atoms with Crippen LogP contribution in [0, 0.1) is 5.41 Å². The first-order chi connectivity index (χ1) is 11.7. The summed E-state index contributed by atoms with van der Waals surface area (Å²) >= 11 is 5.93. The molecule has 1 N–H and O–H groups in total. The zero-order chi connectivity index (χ0) is 18.6. The highest BCUT2D eigenvalue weighted by atomic mass is 35.5. The fourth-order valence-electron chi connectivity index (χ4n) is 2.50. The van der Waals surface area contributed by atoms with Crippen LogP contribution >= 0.6 is 11.6 Å². The highest BCUT2D eigenvalue weighted by Crippen LogP contribution is 2.15. The second-order valence-corrected chi connectivity index (χ2v) is 7.55. The van der Waals surface area contributed by atoms with Gasteiger partial charge in [0.25, 0.3) is 5.91 Å². The Kier molecular flexibility index (Phi) is 6.06. The number of halogens is 1. The zero-order valence-electron chi connectivity index (χ0n) is 14.8. The van der Waals surface area contributed by atoms with Crippen molar-refractivity contribution in [3.8, 4) is 0 Å². The Labute approximate surface area is 153 Å². The van der Waals surface area contributed by atoms with Gasteiger partial charge in [0.1, 0.15) is 0 Å². The summed E-state index contributed by atoms with van der Waals surface area (Å²) in [6, 6.07) is 6.84. The van der Waals surface area contributed by atoms with Gasteiger partial charge in [-0.25, -0.2) is 0 Å². The Hall–Kier alpha value is -2.08. The van der Waals surface area contributed by atoms with E-state index in [-0.39, 0.29) is 24.3 Å². The molecule has 0 aromatic heterocycles. The van der Waals surface area contributed by atoms with Crippen molar-refractivity contribution < 1.29 is 14.4 Å². The molecule has 0 radical (unpaired) electrons.